The molecule has 1 fully saturated rings. The summed E-state index contributed by atoms with van der Waals surface area (Å²) in [4.78, 5) is 13.5. The Kier molecular flexibility index (Phi) is 4.46. The van der Waals surface area contributed by atoms with Crippen molar-refractivity contribution in [3.8, 4) is 5.82 Å². The highest BCUT2D eigenvalue weighted by Crippen LogP contribution is 2.29. The number of nitrogens with two attached hydrogens (primary N) is 1. The van der Waals surface area contributed by atoms with Gasteiger partial charge in [-0.05, 0) is 43.2 Å². The highest BCUT2D eigenvalue weighted by Gasteiger charge is 2.23. The lowest BCUT2D eigenvalue weighted by Crippen LogP contribution is -2.47. The van der Waals surface area contributed by atoms with E-state index in [4.69, 9.17) is 5.73 Å². The maximum atomic E-state index is 6.52. The van der Waals surface area contributed by atoms with Gasteiger partial charge in [-0.3, -0.25) is 0 Å². The van der Waals surface area contributed by atoms with Crippen molar-refractivity contribution < 1.29 is 0 Å². The Morgan fingerprint density at radius 2 is 1.57 bits per heavy atom. The van der Waals surface area contributed by atoms with E-state index in [1.807, 2.05) is 24.3 Å². The van der Waals surface area contributed by atoms with Crippen LogP contribution in [-0.4, -0.2) is 51.1 Å². The van der Waals surface area contributed by atoms with Crippen molar-refractivity contribution in [2.45, 2.75) is 13.8 Å². The molecule has 0 bridgehead atoms. The number of benzene rings is 2. The fourth-order valence-corrected chi connectivity index (χ4v) is 4.06. The van der Waals surface area contributed by atoms with Crippen molar-refractivity contribution in [1.29, 1.82) is 0 Å². The normalized spacial score (nSPS) is 14.5. The van der Waals surface area contributed by atoms with Gasteiger partial charge in [-0.2, -0.15) is 4.68 Å². The summed E-state index contributed by atoms with van der Waals surface area (Å²) >= 11 is 0. The Morgan fingerprint density at radius 1 is 0.833 bits per heavy atom. The summed E-state index contributed by atoms with van der Waals surface area (Å²) in [5.41, 5.74) is 12.7. The molecule has 1 aliphatic rings. The average molecular weight is 400 g/mol. The summed E-state index contributed by atoms with van der Waals surface area (Å²) < 4.78 is 1.68. The molecule has 0 radical (unpaired) electrons. The van der Waals surface area contributed by atoms with Crippen LogP contribution in [0.5, 0.6) is 0 Å². The number of fused-ring (bicyclic) bond motifs is 1. The molecule has 0 spiro atoms. The van der Waals surface area contributed by atoms with Crippen molar-refractivity contribution in [3.63, 3.8) is 0 Å². The molecule has 4 aromatic rings. The molecule has 0 aliphatic carbocycles. The number of anilines is 3. The van der Waals surface area contributed by atoms with Gasteiger partial charge in [0.05, 0.1) is 5.52 Å². The predicted molar refractivity (Wildman–Crippen MR) is 119 cm³/mol. The van der Waals surface area contributed by atoms with Crippen LogP contribution in [-0.2, 0) is 0 Å². The zero-order chi connectivity index (χ0) is 20.7. The zero-order valence-electron chi connectivity index (χ0n) is 17.2. The van der Waals surface area contributed by atoms with E-state index in [0.717, 1.165) is 43.0 Å². The smallest absolute Gasteiger partial charge is 0.184 e. The number of hydrogen-bond donors (Lipinski definition) is 1. The lowest BCUT2D eigenvalue weighted by Gasteiger charge is -2.38. The number of para-hydroxylation sites is 1. The molecule has 8 heteroatoms. The second kappa shape index (κ2) is 7.29. The summed E-state index contributed by atoms with van der Waals surface area (Å²) in [7, 11) is 0. The minimum absolute atomic E-state index is 0.522. The minimum Gasteiger partial charge on any atom is -0.393 e. The molecule has 0 amide bonds. The van der Waals surface area contributed by atoms with E-state index in [2.05, 4.69) is 62.1 Å². The molecular formula is C22H24N8. The lowest BCUT2D eigenvalue weighted by atomic mass is 10.1. The van der Waals surface area contributed by atoms with Gasteiger partial charge in [-0.15, -0.1) is 5.10 Å². The van der Waals surface area contributed by atoms with Gasteiger partial charge < -0.3 is 15.5 Å². The van der Waals surface area contributed by atoms with Crippen LogP contribution in [0, 0.1) is 13.8 Å². The highest BCUT2D eigenvalue weighted by molar-refractivity contribution is 5.79. The van der Waals surface area contributed by atoms with Crippen LogP contribution >= 0.6 is 0 Å². The van der Waals surface area contributed by atoms with E-state index >= 15 is 0 Å². The lowest BCUT2D eigenvalue weighted by molar-refractivity contribution is 0.645. The molecule has 30 heavy (non-hydrogen) atoms. The second-order valence-electron chi connectivity index (χ2n) is 7.62. The Balaban J connectivity index is 1.41. The summed E-state index contributed by atoms with van der Waals surface area (Å²) in [6.07, 6.45) is 1.55. The molecular weight excluding hydrogens is 376 g/mol. The first-order valence-corrected chi connectivity index (χ1v) is 10.1. The van der Waals surface area contributed by atoms with E-state index in [-0.39, 0.29) is 0 Å². The van der Waals surface area contributed by atoms with Gasteiger partial charge in [0.15, 0.2) is 11.6 Å². The quantitative estimate of drug-likeness (QED) is 0.566. The first-order valence-electron chi connectivity index (χ1n) is 10.1. The molecule has 152 valence electrons. The zero-order valence-corrected chi connectivity index (χ0v) is 17.2. The molecule has 2 N–H and O–H groups in total. The Labute approximate surface area is 175 Å². The number of piperazine rings is 1. The van der Waals surface area contributed by atoms with Crippen LogP contribution in [0.3, 0.4) is 0 Å². The largest absolute Gasteiger partial charge is 0.393 e. The third-order valence-electron chi connectivity index (χ3n) is 5.89. The van der Waals surface area contributed by atoms with Crippen LogP contribution in [0.15, 0.2) is 48.8 Å². The summed E-state index contributed by atoms with van der Waals surface area (Å²) in [5.74, 6) is 1.31. The van der Waals surface area contributed by atoms with E-state index in [9.17, 15) is 0 Å². The number of rotatable bonds is 3. The Bertz CT molecular complexity index is 1210. The SMILES string of the molecule is Cc1cccc(N2CCN(c3ncnc(-n4nnc5ccccc54)c3N)CC2)c1C. The van der Waals surface area contributed by atoms with Gasteiger partial charge in [0, 0.05) is 31.9 Å². The number of hydrogen-bond acceptors (Lipinski definition) is 7. The summed E-state index contributed by atoms with van der Waals surface area (Å²) in [5, 5.41) is 8.47. The minimum atomic E-state index is 0.522. The molecule has 2 aromatic heterocycles. The molecule has 1 aliphatic heterocycles. The van der Waals surface area contributed by atoms with E-state index in [1.165, 1.54) is 16.8 Å². The maximum absolute atomic E-state index is 6.52. The molecule has 3 heterocycles. The molecule has 0 saturated carbocycles. The summed E-state index contributed by atoms with van der Waals surface area (Å²) in [6.45, 7) is 7.85. The van der Waals surface area contributed by atoms with Crippen LogP contribution < -0.4 is 15.5 Å². The first-order chi connectivity index (χ1) is 14.6. The third kappa shape index (κ3) is 3.01. The highest BCUT2D eigenvalue weighted by atomic mass is 15.4. The van der Waals surface area contributed by atoms with Gasteiger partial charge in [0.2, 0.25) is 0 Å². The van der Waals surface area contributed by atoms with Crippen molar-refractivity contribution in [2.24, 2.45) is 0 Å². The van der Waals surface area contributed by atoms with Gasteiger partial charge in [-0.1, -0.05) is 29.5 Å². The molecule has 1 saturated heterocycles. The molecule has 0 atom stereocenters. The van der Waals surface area contributed by atoms with Gasteiger partial charge in [-0.25, -0.2) is 9.97 Å². The van der Waals surface area contributed by atoms with Crippen LogP contribution in [0.4, 0.5) is 17.2 Å². The van der Waals surface area contributed by atoms with Gasteiger partial charge in [0.25, 0.3) is 0 Å². The first kappa shape index (κ1) is 18.4. The average Bonchev–Trinajstić information content (AvgIpc) is 3.20. The molecule has 8 nitrogen and oxygen atoms in total. The molecule has 2 aromatic carbocycles. The van der Waals surface area contributed by atoms with Crippen LogP contribution in [0.25, 0.3) is 16.9 Å². The summed E-state index contributed by atoms with van der Waals surface area (Å²) in [6, 6.07) is 14.2. The van der Waals surface area contributed by atoms with Gasteiger partial charge in [0.1, 0.15) is 17.5 Å². The second-order valence-corrected chi connectivity index (χ2v) is 7.62. The van der Waals surface area contributed by atoms with E-state index < -0.39 is 0 Å². The molecule has 5 rings (SSSR count). The number of nitrogen functional groups attached to an aromatic ring is 1. The van der Waals surface area contributed by atoms with Crippen molar-refractivity contribution in [3.05, 3.63) is 59.9 Å². The van der Waals surface area contributed by atoms with E-state index in [0.29, 0.717) is 11.5 Å². The fraction of sp³-hybridized carbons (Fsp3) is 0.273. The van der Waals surface area contributed by atoms with E-state index in [1.54, 1.807) is 11.0 Å². The predicted octanol–water partition coefficient (Wildman–Crippen LogP) is 2.74. The molecule has 0 unspecified atom stereocenters. The van der Waals surface area contributed by atoms with Crippen molar-refractivity contribution >= 4 is 28.2 Å². The topological polar surface area (TPSA) is 89.0 Å². The fourth-order valence-electron chi connectivity index (χ4n) is 4.06. The maximum Gasteiger partial charge on any atom is 0.184 e. The van der Waals surface area contributed by atoms with Gasteiger partial charge >= 0.3 is 0 Å². The van der Waals surface area contributed by atoms with Crippen molar-refractivity contribution in [1.82, 2.24) is 25.0 Å². The van der Waals surface area contributed by atoms with Crippen molar-refractivity contribution in [2.75, 3.05) is 41.7 Å². The third-order valence-corrected chi connectivity index (χ3v) is 5.89. The Morgan fingerprint density at radius 3 is 2.40 bits per heavy atom. The standard InChI is InChI=1S/C22H24N8/c1-15-6-5-9-18(16(15)2)28-10-12-29(13-11-28)21-20(23)22(25-14-24-21)30-19-8-4-3-7-17(19)26-27-30/h3-9,14H,10-13,23H2,1-2H3. The van der Waals surface area contributed by atoms with Crippen LogP contribution in [0.2, 0.25) is 0 Å². The van der Waals surface area contributed by atoms with Crippen LogP contribution in [0.1, 0.15) is 11.1 Å². The number of aromatic nitrogens is 5. The monoisotopic (exact) mass is 400 g/mol. The number of aryl methyl sites for hydroxylation is 1. The Hall–Kier alpha value is -3.68. The number of nitrogens with zero attached hydrogens (tertiary/aromatic N) is 7.